The smallest absolute Gasteiger partial charge is 0.259 e. The third-order valence-corrected chi connectivity index (χ3v) is 5.30. The molecular formula is C23H27BrN2O3. The minimum absolute atomic E-state index is 0.0360. The fourth-order valence-electron chi connectivity index (χ4n) is 3.30. The molecule has 1 fully saturated rings. The van der Waals surface area contributed by atoms with Crippen molar-refractivity contribution < 1.29 is 14.3 Å². The predicted octanol–water partition coefficient (Wildman–Crippen LogP) is 5.36. The SMILES string of the molecule is CC(C)COc1ccc(Br)cc1C(=O)Nc1ccccc1C(=O)N1CCCCC1. The van der Waals surface area contributed by atoms with Crippen molar-refractivity contribution in [2.24, 2.45) is 5.92 Å². The molecule has 1 aliphatic heterocycles. The van der Waals surface area contributed by atoms with Gasteiger partial charge in [-0.3, -0.25) is 9.59 Å². The van der Waals surface area contributed by atoms with Crippen LogP contribution in [0.15, 0.2) is 46.9 Å². The standard InChI is InChI=1S/C23H27BrN2O3/c1-16(2)15-29-21-11-10-17(24)14-19(21)22(27)25-20-9-5-4-8-18(20)23(28)26-12-6-3-7-13-26/h4-5,8-11,14,16H,3,6-7,12-13,15H2,1-2H3,(H,25,27). The van der Waals surface area contributed by atoms with Crippen molar-refractivity contribution >= 4 is 33.4 Å². The molecule has 0 radical (unpaired) electrons. The third kappa shape index (κ3) is 5.60. The Morgan fingerprint density at radius 1 is 1.07 bits per heavy atom. The number of halogens is 1. The van der Waals surface area contributed by atoms with Crippen LogP contribution in [-0.2, 0) is 0 Å². The van der Waals surface area contributed by atoms with E-state index in [1.54, 1.807) is 24.3 Å². The van der Waals surface area contributed by atoms with Crippen LogP contribution in [-0.4, -0.2) is 36.4 Å². The minimum Gasteiger partial charge on any atom is -0.492 e. The van der Waals surface area contributed by atoms with Crippen molar-refractivity contribution in [2.75, 3.05) is 25.0 Å². The molecule has 1 N–H and O–H groups in total. The second kappa shape index (κ2) is 9.92. The van der Waals surface area contributed by atoms with E-state index in [4.69, 9.17) is 4.74 Å². The molecule has 29 heavy (non-hydrogen) atoms. The molecule has 154 valence electrons. The van der Waals surface area contributed by atoms with Gasteiger partial charge in [-0.1, -0.05) is 41.9 Å². The Balaban J connectivity index is 1.83. The van der Waals surface area contributed by atoms with E-state index < -0.39 is 0 Å². The van der Waals surface area contributed by atoms with E-state index in [2.05, 4.69) is 35.1 Å². The molecule has 0 spiro atoms. The maximum absolute atomic E-state index is 13.0. The van der Waals surface area contributed by atoms with Crippen molar-refractivity contribution in [3.63, 3.8) is 0 Å². The summed E-state index contributed by atoms with van der Waals surface area (Å²) in [6.07, 6.45) is 3.20. The number of carbonyl (C=O) groups excluding carboxylic acids is 2. The first kappa shape index (κ1) is 21.4. The van der Waals surface area contributed by atoms with Gasteiger partial charge in [-0.25, -0.2) is 0 Å². The van der Waals surface area contributed by atoms with Crippen LogP contribution in [0, 0.1) is 5.92 Å². The Morgan fingerprint density at radius 2 is 1.79 bits per heavy atom. The normalized spacial score (nSPS) is 14.0. The highest BCUT2D eigenvalue weighted by Gasteiger charge is 2.22. The summed E-state index contributed by atoms with van der Waals surface area (Å²) < 4.78 is 6.62. The van der Waals surface area contributed by atoms with Crippen molar-refractivity contribution in [1.29, 1.82) is 0 Å². The van der Waals surface area contributed by atoms with Crippen molar-refractivity contribution in [2.45, 2.75) is 33.1 Å². The zero-order chi connectivity index (χ0) is 20.8. The zero-order valence-corrected chi connectivity index (χ0v) is 18.5. The van der Waals surface area contributed by atoms with Gasteiger partial charge in [-0.15, -0.1) is 0 Å². The molecule has 2 aromatic rings. The largest absolute Gasteiger partial charge is 0.492 e. The van der Waals surface area contributed by atoms with Gasteiger partial charge in [0.25, 0.3) is 11.8 Å². The molecule has 2 aromatic carbocycles. The van der Waals surface area contributed by atoms with Gasteiger partial charge < -0.3 is 15.0 Å². The van der Waals surface area contributed by atoms with E-state index in [1.807, 2.05) is 23.1 Å². The number of piperidine rings is 1. The number of likely N-dealkylation sites (tertiary alicyclic amines) is 1. The van der Waals surface area contributed by atoms with Gasteiger partial charge >= 0.3 is 0 Å². The van der Waals surface area contributed by atoms with Gasteiger partial charge in [0.15, 0.2) is 0 Å². The number of rotatable bonds is 6. The number of ether oxygens (including phenoxy) is 1. The number of hydrogen-bond donors (Lipinski definition) is 1. The summed E-state index contributed by atoms with van der Waals surface area (Å²) in [5.74, 6) is 0.534. The summed E-state index contributed by atoms with van der Waals surface area (Å²) in [7, 11) is 0. The van der Waals surface area contributed by atoms with E-state index in [-0.39, 0.29) is 11.8 Å². The number of amides is 2. The first-order chi connectivity index (χ1) is 14.0. The predicted molar refractivity (Wildman–Crippen MR) is 119 cm³/mol. The Labute approximate surface area is 180 Å². The lowest BCUT2D eigenvalue weighted by Crippen LogP contribution is -2.36. The van der Waals surface area contributed by atoms with Gasteiger partial charge in [-0.2, -0.15) is 0 Å². The molecule has 1 heterocycles. The number of nitrogens with zero attached hydrogens (tertiary/aromatic N) is 1. The Bertz CT molecular complexity index is 876. The molecule has 0 saturated carbocycles. The molecule has 0 atom stereocenters. The second-order valence-corrected chi connectivity index (χ2v) is 8.61. The first-order valence-corrected chi connectivity index (χ1v) is 10.9. The number of nitrogens with one attached hydrogen (secondary N) is 1. The number of benzene rings is 2. The number of hydrogen-bond acceptors (Lipinski definition) is 3. The monoisotopic (exact) mass is 458 g/mol. The Morgan fingerprint density at radius 3 is 2.52 bits per heavy atom. The van der Waals surface area contributed by atoms with E-state index in [0.29, 0.717) is 35.1 Å². The Kier molecular flexibility index (Phi) is 7.31. The van der Waals surface area contributed by atoms with Crippen LogP contribution in [0.3, 0.4) is 0 Å². The maximum Gasteiger partial charge on any atom is 0.259 e. The van der Waals surface area contributed by atoms with Crippen LogP contribution in [0.5, 0.6) is 5.75 Å². The lowest BCUT2D eigenvalue weighted by molar-refractivity contribution is 0.0725. The fraction of sp³-hybridized carbons (Fsp3) is 0.391. The highest BCUT2D eigenvalue weighted by Crippen LogP contribution is 2.26. The highest BCUT2D eigenvalue weighted by atomic mass is 79.9. The topological polar surface area (TPSA) is 58.6 Å². The molecule has 1 saturated heterocycles. The fourth-order valence-corrected chi connectivity index (χ4v) is 3.66. The average Bonchev–Trinajstić information content (AvgIpc) is 2.73. The van der Waals surface area contributed by atoms with Gasteiger partial charge in [-0.05, 0) is 55.5 Å². The van der Waals surface area contributed by atoms with Crippen molar-refractivity contribution in [3.05, 3.63) is 58.1 Å². The van der Waals surface area contributed by atoms with Crippen LogP contribution < -0.4 is 10.1 Å². The molecule has 5 nitrogen and oxygen atoms in total. The molecule has 0 aliphatic carbocycles. The van der Waals surface area contributed by atoms with Crippen LogP contribution in [0.4, 0.5) is 5.69 Å². The summed E-state index contributed by atoms with van der Waals surface area (Å²) in [4.78, 5) is 27.9. The van der Waals surface area contributed by atoms with Gasteiger partial charge in [0.2, 0.25) is 0 Å². The van der Waals surface area contributed by atoms with Gasteiger partial charge in [0.1, 0.15) is 5.75 Å². The lowest BCUT2D eigenvalue weighted by Gasteiger charge is -2.27. The summed E-state index contributed by atoms with van der Waals surface area (Å²) in [5.41, 5.74) is 1.46. The summed E-state index contributed by atoms with van der Waals surface area (Å²) in [5, 5.41) is 2.91. The molecule has 1 aliphatic rings. The highest BCUT2D eigenvalue weighted by molar-refractivity contribution is 9.10. The number of anilines is 1. The van der Waals surface area contributed by atoms with E-state index in [1.165, 1.54) is 0 Å². The quantitative estimate of drug-likeness (QED) is 0.633. The molecule has 0 unspecified atom stereocenters. The van der Waals surface area contributed by atoms with Crippen LogP contribution >= 0.6 is 15.9 Å². The Hall–Kier alpha value is -2.34. The molecule has 0 aromatic heterocycles. The molecular weight excluding hydrogens is 432 g/mol. The molecule has 2 amide bonds. The molecule has 3 rings (SSSR count). The summed E-state index contributed by atoms with van der Waals surface area (Å²) in [6, 6.07) is 12.5. The summed E-state index contributed by atoms with van der Waals surface area (Å²) in [6.45, 7) is 6.16. The van der Waals surface area contributed by atoms with Gasteiger partial charge in [0.05, 0.1) is 23.4 Å². The van der Waals surface area contributed by atoms with Crippen molar-refractivity contribution in [1.82, 2.24) is 4.90 Å². The van der Waals surface area contributed by atoms with Crippen LogP contribution in [0.25, 0.3) is 0 Å². The van der Waals surface area contributed by atoms with Crippen LogP contribution in [0.1, 0.15) is 53.8 Å². The number of carbonyl (C=O) groups is 2. The summed E-state index contributed by atoms with van der Waals surface area (Å²) >= 11 is 3.42. The van der Waals surface area contributed by atoms with E-state index in [0.717, 1.165) is 36.8 Å². The average molecular weight is 459 g/mol. The third-order valence-electron chi connectivity index (χ3n) is 4.81. The van der Waals surface area contributed by atoms with E-state index >= 15 is 0 Å². The first-order valence-electron chi connectivity index (χ1n) is 10.1. The van der Waals surface area contributed by atoms with E-state index in [9.17, 15) is 9.59 Å². The zero-order valence-electron chi connectivity index (χ0n) is 16.9. The molecule has 0 bridgehead atoms. The van der Waals surface area contributed by atoms with Crippen molar-refractivity contribution in [3.8, 4) is 5.75 Å². The number of para-hydroxylation sites is 1. The van der Waals surface area contributed by atoms with Gasteiger partial charge in [0, 0.05) is 17.6 Å². The second-order valence-electron chi connectivity index (χ2n) is 7.70. The minimum atomic E-state index is -0.302. The van der Waals surface area contributed by atoms with Crippen LogP contribution in [0.2, 0.25) is 0 Å². The lowest BCUT2D eigenvalue weighted by atomic mass is 10.1. The molecule has 6 heteroatoms. The maximum atomic E-state index is 13.0.